The molecule has 1 unspecified atom stereocenters. The molecule has 1 aromatic carbocycles. The number of hydrogen-bond donors (Lipinski definition) is 2. The molecule has 2 atom stereocenters. The van der Waals surface area contributed by atoms with E-state index in [4.69, 9.17) is 4.74 Å². The molecule has 1 aromatic heterocycles. The molecule has 4 rings (SSSR count). The van der Waals surface area contributed by atoms with Crippen LogP contribution in [0.5, 0.6) is 11.5 Å². The Balaban J connectivity index is 1.64. The number of nitrogens with one attached hydrogen (secondary N) is 1. The van der Waals surface area contributed by atoms with Gasteiger partial charge in [-0.15, -0.1) is 11.3 Å². The standard InChI is InChI=1S/C20H21NO3S/c1-13-4-2-8-21(11-13)12-16-17(22)7-6-15-19(23)18(24-20(15)16)10-14-5-3-9-25-14/h3,5-7,9-10,13,22H,2,4,8,11-12H2,1H3/p+1/t13-/m0/s1. The lowest BCUT2D eigenvalue weighted by molar-refractivity contribution is -0.922. The molecule has 2 aliphatic rings. The molecule has 1 saturated heterocycles. The van der Waals surface area contributed by atoms with Crippen molar-refractivity contribution < 1.29 is 19.5 Å². The second-order valence-electron chi connectivity index (χ2n) is 7.02. The second kappa shape index (κ2) is 6.65. The SMILES string of the molecule is C[C@H]1CCC[NH+](Cc2c(O)ccc3c2OC(=Cc2cccs2)C3=O)C1. The monoisotopic (exact) mass is 356 g/mol. The molecule has 0 spiro atoms. The third-order valence-corrected chi connectivity index (χ3v) is 5.84. The molecule has 25 heavy (non-hydrogen) atoms. The number of allylic oxidation sites excluding steroid dienone is 1. The Morgan fingerprint density at radius 3 is 3.04 bits per heavy atom. The van der Waals surface area contributed by atoms with E-state index >= 15 is 0 Å². The molecule has 0 amide bonds. The first-order valence-electron chi connectivity index (χ1n) is 8.78. The van der Waals surface area contributed by atoms with E-state index in [2.05, 4.69) is 6.92 Å². The van der Waals surface area contributed by atoms with E-state index in [1.165, 1.54) is 17.7 Å². The maximum absolute atomic E-state index is 12.7. The van der Waals surface area contributed by atoms with Crippen molar-refractivity contribution in [3.05, 3.63) is 51.4 Å². The number of fused-ring (bicyclic) bond motifs is 1. The molecular weight excluding hydrogens is 334 g/mol. The fraction of sp³-hybridized carbons (Fsp3) is 0.350. The van der Waals surface area contributed by atoms with Crippen LogP contribution in [0.3, 0.4) is 0 Å². The zero-order valence-electron chi connectivity index (χ0n) is 14.2. The number of carbonyl (C=O) groups excluding carboxylic acids is 1. The number of piperidine rings is 1. The Bertz CT molecular complexity index is 826. The first-order chi connectivity index (χ1) is 12.1. The highest BCUT2D eigenvalue weighted by Gasteiger charge is 2.33. The van der Waals surface area contributed by atoms with Gasteiger partial charge in [0.25, 0.3) is 0 Å². The Kier molecular flexibility index (Phi) is 4.36. The van der Waals surface area contributed by atoms with Crippen molar-refractivity contribution in [3.8, 4) is 11.5 Å². The number of benzene rings is 1. The fourth-order valence-corrected chi connectivity index (χ4v) is 4.42. The molecule has 3 heterocycles. The number of phenolic OH excluding ortho intramolecular Hbond substituents is 1. The third kappa shape index (κ3) is 3.22. The van der Waals surface area contributed by atoms with Crippen molar-refractivity contribution in [1.82, 2.24) is 0 Å². The van der Waals surface area contributed by atoms with Gasteiger partial charge in [-0.05, 0) is 36.4 Å². The highest BCUT2D eigenvalue weighted by atomic mass is 32.1. The molecule has 5 heteroatoms. The van der Waals surface area contributed by atoms with Crippen molar-refractivity contribution in [2.75, 3.05) is 13.1 Å². The maximum atomic E-state index is 12.7. The van der Waals surface area contributed by atoms with Crippen LogP contribution in [-0.4, -0.2) is 24.0 Å². The minimum Gasteiger partial charge on any atom is -0.507 e. The van der Waals surface area contributed by atoms with Crippen LogP contribution in [0.4, 0.5) is 0 Å². The van der Waals surface area contributed by atoms with Gasteiger partial charge in [0, 0.05) is 16.9 Å². The maximum Gasteiger partial charge on any atom is 0.232 e. The number of ketones is 1. The van der Waals surface area contributed by atoms with Gasteiger partial charge in [0.1, 0.15) is 12.3 Å². The Morgan fingerprint density at radius 1 is 1.40 bits per heavy atom. The summed E-state index contributed by atoms with van der Waals surface area (Å²) in [6.07, 6.45) is 4.25. The van der Waals surface area contributed by atoms with Gasteiger partial charge in [0.2, 0.25) is 5.78 Å². The largest absolute Gasteiger partial charge is 0.507 e. The normalized spacial score (nSPS) is 24.4. The minimum atomic E-state index is -0.105. The van der Waals surface area contributed by atoms with Crippen LogP contribution in [0.2, 0.25) is 0 Å². The number of Topliss-reactive ketones (excluding diaryl/α,β-unsaturated/α-hetero) is 1. The summed E-state index contributed by atoms with van der Waals surface area (Å²) < 4.78 is 5.92. The highest BCUT2D eigenvalue weighted by molar-refractivity contribution is 7.10. The molecule has 2 aromatic rings. The van der Waals surface area contributed by atoms with E-state index in [-0.39, 0.29) is 11.5 Å². The molecule has 2 N–H and O–H groups in total. The first kappa shape index (κ1) is 16.4. The van der Waals surface area contributed by atoms with E-state index in [0.29, 0.717) is 29.5 Å². The second-order valence-corrected chi connectivity index (χ2v) is 8.00. The highest BCUT2D eigenvalue weighted by Crippen LogP contribution is 2.39. The Hall–Kier alpha value is -2.11. The van der Waals surface area contributed by atoms with E-state index in [0.717, 1.165) is 23.5 Å². The van der Waals surface area contributed by atoms with E-state index in [9.17, 15) is 9.90 Å². The quantitative estimate of drug-likeness (QED) is 0.832. The van der Waals surface area contributed by atoms with Gasteiger partial charge < -0.3 is 14.7 Å². The molecular formula is C20H22NO3S+. The molecule has 0 radical (unpaired) electrons. The molecule has 0 saturated carbocycles. The van der Waals surface area contributed by atoms with E-state index in [1.54, 1.807) is 29.5 Å². The van der Waals surface area contributed by atoms with Crippen molar-refractivity contribution in [3.63, 3.8) is 0 Å². The van der Waals surface area contributed by atoms with Crippen molar-refractivity contribution in [2.24, 2.45) is 5.92 Å². The minimum absolute atomic E-state index is 0.105. The van der Waals surface area contributed by atoms with Crippen LogP contribution in [-0.2, 0) is 6.54 Å². The molecule has 1 fully saturated rings. The van der Waals surface area contributed by atoms with Gasteiger partial charge in [-0.1, -0.05) is 13.0 Å². The Morgan fingerprint density at radius 2 is 2.28 bits per heavy atom. The number of hydrogen-bond acceptors (Lipinski definition) is 4. The van der Waals surface area contributed by atoms with Gasteiger partial charge in [-0.2, -0.15) is 0 Å². The predicted molar refractivity (Wildman–Crippen MR) is 98.2 cm³/mol. The molecule has 4 nitrogen and oxygen atoms in total. The summed E-state index contributed by atoms with van der Waals surface area (Å²) in [6, 6.07) is 7.19. The summed E-state index contributed by atoms with van der Waals surface area (Å²) in [6.45, 7) is 5.16. The number of phenols is 1. The molecule has 0 aliphatic carbocycles. The summed E-state index contributed by atoms with van der Waals surface area (Å²) in [5.41, 5.74) is 1.31. The van der Waals surface area contributed by atoms with Gasteiger partial charge in [0.15, 0.2) is 11.5 Å². The average Bonchev–Trinajstić information content (AvgIpc) is 3.20. The lowest BCUT2D eigenvalue weighted by Gasteiger charge is -2.28. The van der Waals surface area contributed by atoms with Crippen LogP contribution in [0.25, 0.3) is 6.08 Å². The van der Waals surface area contributed by atoms with Crippen LogP contribution < -0.4 is 9.64 Å². The number of quaternary nitrogens is 1. The van der Waals surface area contributed by atoms with Gasteiger partial charge in [0.05, 0.1) is 24.2 Å². The number of thiophene rings is 1. The number of ether oxygens (including phenoxy) is 1. The van der Waals surface area contributed by atoms with Gasteiger partial charge in [-0.25, -0.2) is 0 Å². The summed E-state index contributed by atoms with van der Waals surface area (Å²) in [7, 11) is 0. The first-order valence-corrected chi connectivity index (χ1v) is 9.66. The summed E-state index contributed by atoms with van der Waals surface area (Å²) >= 11 is 1.56. The summed E-state index contributed by atoms with van der Waals surface area (Å²) in [5, 5.41) is 12.3. The Labute approximate surface area is 151 Å². The number of likely N-dealkylation sites (tertiary alicyclic amines) is 1. The lowest BCUT2D eigenvalue weighted by atomic mass is 9.99. The van der Waals surface area contributed by atoms with Gasteiger partial charge in [-0.3, -0.25) is 4.79 Å². The predicted octanol–water partition coefficient (Wildman–Crippen LogP) is 2.88. The molecule has 2 aliphatic heterocycles. The van der Waals surface area contributed by atoms with Crippen LogP contribution in [0, 0.1) is 5.92 Å². The average molecular weight is 356 g/mol. The zero-order valence-corrected chi connectivity index (χ0v) is 15.1. The van der Waals surface area contributed by atoms with Gasteiger partial charge >= 0.3 is 0 Å². The lowest BCUT2D eigenvalue weighted by Crippen LogP contribution is -3.12. The summed E-state index contributed by atoms with van der Waals surface area (Å²) in [5.74, 6) is 1.69. The van der Waals surface area contributed by atoms with Crippen LogP contribution in [0.15, 0.2) is 35.4 Å². The number of carbonyl (C=O) groups is 1. The zero-order chi connectivity index (χ0) is 17.4. The fourth-order valence-electron chi connectivity index (χ4n) is 3.78. The van der Waals surface area contributed by atoms with Crippen molar-refractivity contribution in [1.29, 1.82) is 0 Å². The summed E-state index contributed by atoms with van der Waals surface area (Å²) in [4.78, 5) is 15.1. The number of aromatic hydroxyl groups is 1. The van der Waals surface area contributed by atoms with Crippen molar-refractivity contribution >= 4 is 23.2 Å². The topological polar surface area (TPSA) is 51.0 Å². The van der Waals surface area contributed by atoms with Crippen LogP contribution in [0.1, 0.15) is 40.6 Å². The molecule has 0 bridgehead atoms. The molecule has 130 valence electrons. The van der Waals surface area contributed by atoms with Crippen LogP contribution >= 0.6 is 11.3 Å². The number of rotatable bonds is 3. The van der Waals surface area contributed by atoms with E-state index < -0.39 is 0 Å². The van der Waals surface area contributed by atoms with Crippen molar-refractivity contribution in [2.45, 2.75) is 26.3 Å². The van der Waals surface area contributed by atoms with E-state index in [1.807, 2.05) is 17.5 Å². The smallest absolute Gasteiger partial charge is 0.232 e. The third-order valence-electron chi connectivity index (χ3n) is 5.02.